The Balaban J connectivity index is 1.68. The number of imidazole rings is 1. The molecule has 8 aromatic rings. The van der Waals surface area contributed by atoms with Crippen molar-refractivity contribution in [2.24, 2.45) is 0 Å². The van der Waals surface area contributed by atoms with E-state index in [-0.39, 0.29) is 0 Å². The number of rotatable bonds is 4. The van der Waals surface area contributed by atoms with Crippen LogP contribution in [0.2, 0.25) is 0 Å². The molecule has 0 unspecified atom stereocenters. The predicted octanol–water partition coefficient (Wildman–Crippen LogP) is 10.4. The van der Waals surface area contributed by atoms with Gasteiger partial charge in [0.15, 0.2) is 0 Å². The molecule has 1 aromatic heterocycles. The molecule has 7 aromatic carbocycles. The lowest BCUT2D eigenvalue weighted by atomic mass is 9.85. The highest BCUT2D eigenvalue weighted by Gasteiger charge is 2.17. The highest BCUT2D eigenvalue weighted by molar-refractivity contribution is 6.21. The molecule has 2 nitrogen and oxygen atoms in total. The van der Waals surface area contributed by atoms with Gasteiger partial charge in [0.2, 0.25) is 0 Å². The summed E-state index contributed by atoms with van der Waals surface area (Å²) in [5.41, 5.74) is -5.81. The van der Waals surface area contributed by atoms with Gasteiger partial charge in [0.1, 0.15) is 5.82 Å². The molecule has 0 saturated heterocycles. The Morgan fingerprint density at radius 3 is 1.85 bits per heavy atom. The van der Waals surface area contributed by atoms with Gasteiger partial charge in [-0.25, -0.2) is 4.98 Å². The summed E-state index contributed by atoms with van der Waals surface area (Å²) in [6, 6.07) is -22.8. The van der Waals surface area contributed by atoms with Crippen molar-refractivity contribution in [1.82, 2.24) is 9.55 Å². The summed E-state index contributed by atoms with van der Waals surface area (Å²) in [7, 11) is 0. The molecule has 194 valence electrons. The van der Waals surface area contributed by atoms with Gasteiger partial charge in [-0.1, -0.05) is 116 Å². The van der Waals surface area contributed by atoms with E-state index < -0.39 is 229 Å². The molecule has 41 heavy (non-hydrogen) atoms. The Hall–Kier alpha value is -5.21. The summed E-state index contributed by atoms with van der Waals surface area (Å²) in [6.07, 6.45) is -3.57. The maximum absolute atomic E-state index is 9.50. The second-order valence-corrected chi connectivity index (χ2v) is 8.57. The first-order chi connectivity index (χ1) is 31.8. The molecule has 1 heterocycles. The lowest BCUT2D eigenvalue weighted by Gasteiger charge is -2.18. The molecular formula is C39H28N2. The second-order valence-electron chi connectivity index (χ2n) is 8.57. The molecule has 0 aliphatic rings. The van der Waals surface area contributed by atoms with E-state index >= 15 is 0 Å². The van der Waals surface area contributed by atoms with E-state index in [0.717, 1.165) is 0 Å². The predicted molar refractivity (Wildman–Crippen MR) is 174 cm³/mol. The first-order valence-corrected chi connectivity index (χ1v) is 11.9. The van der Waals surface area contributed by atoms with Gasteiger partial charge < -0.3 is 0 Å². The third-order valence-electron chi connectivity index (χ3n) is 6.37. The van der Waals surface area contributed by atoms with Gasteiger partial charge in [-0.3, -0.25) is 4.57 Å². The van der Waals surface area contributed by atoms with Crippen molar-refractivity contribution in [3.8, 4) is 27.9 Å². The van der Waals surface area contributed by atoms with E-state index in [9.17, 15) is 13.7 Å². The number of hydrogen-bond acceptors (Lipinski definition) is 1. The van der Waals surface area contributed by atoms with Gasteiger partial charge in [-0.05, 0) is 84.8 Å². The topological polar surface area (TPSA) is 17.8 Å². The van der Waals surface area contributed by atoms with Crippen molar-refractivity contribution in [3.05, 3.63) is 145 Å². The molecule has 0 bridgehead atoms. The summed E-state index contributed by atoms with van der Waals surface area (Å²) in [5, 5.41) is -4.33. The Labute approximate surface area is 278 Å². The van der Waals surface area contributed by atoms with Gasteiger partial charge >= 0.3 is 0 Å². The third-order valence-corrected chi connectivity index (χ3v) is 6.37. The van der Waals surface area contributed by atoms with Gasteiger partial charge in [-0.15, -0.1) is 0 Å². The number of para-hydroxylation sites is 2. The molecule has 8 rings (SSSR count). The van der Waals surface area contributed by atoms with Crippen LogP contribution in [0.1, 0.15) is 51.1 Å². The van der Waals surface area contributed by atoms with Crippen LogP contribution in [0.4, 0.5) is 0 Å². The average molecular weight is 553 g/mol. The first-order valence-electron chi connectivity index (χ1n) is 25.9. The van der Waals surface area contributed by atoms with Gasteiger partial charge in [0.05, 0.1) is 42.6 Å². The third kappa shape index (κ3) is 3.76. The molecular weight excluding hydrogens is 496 g/mol. The molecule has 0 spiro atoms. The first kappa shape index (κ1) is 8.64. The van der Waals surface area contributed by atoms with Crippen molar-refractivity contribution >= 4 is 43.4 Å². The summed E-state index contributed by atoms with van der Waals surface area (Å²) >= 11 is 0. The molecule has 0 aliphatic carbocycles. The van der Waals surface area contributed by atoms with Crippen LogP contribution in [0.3, 0.4) is 0 Å². The lowest BCUT2D eigenvalue weighted by Crippen LogP contribution is -2.00. The fraction of sp³-hybridized carbons (Fsp3) is 0.0513. The normalized spacial score (nSPS) is 22.0. The summed E-state index contributed by atoms with van der Waals surface area (Å²) in [6.45, 7) is -3.61. The minimum Gasteiger partial charge on any atom is -0.296 e. The zero-order valence-corrected chi connectivity index (χ0v) is 20.4. The van der Waals surface area contributed by atoms with Crippen molar-refractivity contribution < 1.29 is 38.4 Å². The van der Waals surface area contributed by atoms with Crippen LogP contribution in [-0.4, -0.2) is 9.55 Å². The van der Waals surface area contributed by atoms with Crippen molar-refractivity contribution in [1.29, 1.82) is 0 Å². The van der Waals surface area contributed by atoms with Crippen LogP contribution >= 0.6 is 0 Å². The fourth-order valence-electron chi connectivity index (χ4n) is 4.68. The Morgan fingerprint density at radius 2 is 1.17 bits per heavy atom. The Bertz CT molecular complexity index is 3610. The molecule has 2 heteroatoms. The van der Waals surface area contributed by atoms with Gasteiger partial charge in [0, 0.05) is 18.9 Å². The SMILES string of the molecule is [2H]c1c([2H])c(-n2c(C([2H])([2H])C([2H])([2H])[2H])nc3c([2H])c([2H])c([2H])c([2H])c32)c([2H])c([2H])c1-c1c2c([2H])c([2H])c([2H])c([2H])c2c(-c2c([2H])c([2H])c3c([2H])c([2H])c([2H])c([2H])c3c2[2H])c2c([2H])c([2H])c([2H])c([2H])c12. The monoisotopic (exact) mass is 552 g/mol. The molecule has 0 aliphatic heterocycles. The number of fused-ring (bicyclic) bond motifs is 4. The van der Waals surface area contributed by atoms with Crippen LogP contribution in [0.25, 0.3) is 71.3 Å². The van der Waals surface area contributed by atoms with Crippen molar-refractivity contribution in [3.63, 3.8) is 0 Å². The van der Waals surface area contributed by atoms with Gasteiger partial charge in [-0.2, -0.15) is 0 Å². The van der Waals surface area contributed by atoms with Crippen LogP contribution in [0.5, 0.6) is 0 Å². The van der Waals surface area contributed by atoms with Crippen LogP contribution in [0.15, 0.2) is 139 Å². The van der Waals surface area contributed by atoms with Crippen LogP contribution < -0.4 is 0 Å². The summed E-state index contributed by atoms with van der Waals surface area (Å²) in [5.74, 6) is -1.20. The summed E-state index contributed by atoms with van der Waals surface area (Å²) in [4.78, 5) is 3.94. The molecule has 0 saturated carbocycles. The number of hydrogen-bond donors (Lipinski definition) is 0. The summed E-state index contributed by atoms with van der Waals surface area (Å²) < 4.78 is 247. The molecule has 0 amide bonds. The molecule has 0 N–H and O–H groups in total. The van der Waals surface area contributed by atoms with Gasteiger partial charge in [0.25, 0.3) is 0 Å². The van der Waals surface area contributed by atoms with Crippen molar-refractivity contribution in [2.75, 3.05) is 0 Å². The van der Waals surface area contributed by atoms with E-state index in [1.807, 2.05) is 0 Å². The van der Waals surface area contributed by atoms with Crippen molar-refractivity contribution in [2.45, 2.75) is 13.2 Å². The Morgan fingerprint density at radius 1 is 0.610 bits per heavy atom. The number of benzene rings is 7. The second kappa shape index (κ2) is 9.46. The van der Waals surface area contributed by atoms with E-state index in [4.69, 9.17) is 24.7 Å². The largest absolute Gasteiger partial charge is 0.296 e. The minimum atomic E-state index is -3.61. The highest BCUT2D eigenvalue weighted by atomic mass is 15.1. The maximum atomic E-state index is 9.50. The minimum absolute atomic E-state index is 0.403. The van der Waals surface area contributed by atoms with Crippen LogP contribution in [0, 0.1) is 0 Å². The molecule has 0 atom stereocenters. The van der Waals surface area contributed by atoms with E-state index in [0.29, 0.717) is 4.57 Å². The number of aromatic nitrogens is 2. The fourth-order valence-corrected chi connectivity index (χ4v) is 4.68. The quantitative estimate of drug-likeness (QED) is 0.199. The van der Waals surface area contributed by atoms with E-state index in [1.165, 1.54) is 0 Å². The highest BCUT2D eigenvalue weighted by Crippen LogP contribution is 2.44. The standard InChI is InChI=1S/C39H28N2/c1-2-37-40-35-17-9-10-18-36(35)41(37)30-23-21-27(22-24-30)38-31-13-5-7-15-33(31)39(34-16-8-6-14-32(34)38)29-20-19-26-11-3-4-12-28(26)25-29/h3-25H,2H2,1H3/i1D3,2D2,3D,4D,5D,6D,7D,8D,9D,10D,11D,12D,13D,14D,15D,16D,17D,18D,19D,20D,21D,22D,23D,24D,25D. The maximum Gasteiger partial charge on any atom is 0.114 e. The smallest absolute Gasteiger partial charge is 0.114 e. The average Bonchev–Trinajstić information content (AvgIpc) is 3.69. The molecule has 0 radical (unpaired) electrons. The lowest BCUT2D eigenvalue weighted by molar-refractivity contribution is 0.908. The van der Waals surface area contributed by atoms with E-state index in [1.54, 1.807) is 0 Å². The zero-order chi connectivity index (χ0) is 51.6. The number of aryl methyl sites for hydroxylation is 1. The Kier molecular flexibility index (Phi) is 2.00. The number of nitrogens with zero attached hydrogens (tertiary/aromatic N) is 2. The van der Waals surface area contributed by atoms with E-state index in [2.05, 4.69) is 4.98 Å². The zero-order valence-electron chi connectivity index (χ0n) is 48.4. The molecule has 0 fully saturated rings. The van der Waals surface area contributed by atoms with Crippen LogP contribution in [-0.2, 0) is 6.37 Å².